The van der Waals surface area contributed by atoms with Crippen LogP contribution in [0.3, 0.4) is 0 Å². The van der Waals surface area contributed by atoms with Gasteiger partial charge < -0.3 is 5.32 Å². The zero-order chi connectivity index (χ0) is 18.4. The standard InChI is InChI=1S/C17H22N6O2S/c1-11-4-2-3-5-13(11)19-16(25)20-14(24)10-26-17-21-15(22-23-17)12-6-8-18-9-7-12/h6-9,11,13H,2-5,10H2,1H3,(H,21,22,23)(H2,19,20,24,25)/t11-,13-/m0/s1. The summed E-state index contributed by atoms with van der Waals surface area (Å²) in [7, 11) is 0. The number of nitrogens with one attached hydrogen (secondary N) is 3. The van der Waals surface area contributed by atoms with Crippen LogP contribution >= 0.6 is 11.8 Å². The van der Waals surface area contributed by atoms with E-state index in [4.69, 9.17) is 0 Å². The van der Waals surface area contributed by atoms with E-state index in [1.54, 1.807) is 12.4 Å². The highest BCUT2D eigenvalue weighted by Gasteiger charge is 2.23. The molecule has 2 aromatic rings. The molecule has 0 saturated heterocycles. The maximum Gasteiger partial charge on any atom is 0.321 e. The number of aromatic nitrogens is 4. The van der Waals surface area contributed by atoms with Crippen molar-refractivity contribution in [2.24, 2.45) is 5.92 Å². The summed E-state index contributed by atoms with van der Waals surface area (Å²) in [5, 5.41) is 12.6. The largest absolute Gasteiger partial charge is 0.335 e. The van der Waals surface area contributed by atoms with E-state index in [1.165, 1.54) is 18.2 Å². The molecule has 2 atom stereocenters. The van der Waals surface area contributed by atoms with Crippen LogP contribution in [0.5, 0.6) is 0 Å². The highest BCUT2D eigenvalue weighted by Crippen LogP contribution is 2.23. The number of H-pyrrole nitrogens is 1. The zero-order valence-electron chi connectivity index (χ0n) is 14.6. The number of imide groups is 1. The number of hydrogen-bond acceptors (Lipinski definition) is 6. The Kier molecular flexibility index (Phi) is 6.21. The molecule has 0 unspecified atom stereocenters. The van der Waals surface area contributed by atoms with E-state index in [2.05, 4.69) is 37.7 Å². The van der Waals surface area contributed by atoms with Gasteiger partial charge in [-0.25, -0.2) is 9.78 Å². The third-order valence-corrected chi connectivity index (χ3v) is 5.28. The lowest BCUT2D eigenvalue weighted by atomic mass is 9.86. The molecule has 0 radical (unpaired) electrons. The molecule has 0 spiro atoms. The zero-order valence-corrected chi connectivity index (χ0v) is 15.4. The van der Waals surface area contributed by atoms with Crippen LogP contribution in [0.4, 0.5) is 4.79 Å². The van der Waals surface area contributed by atoms with Gasteiger partial charge in [0.2, 0.25) is 11.1 Å². The first-order valence-electron chi connectivity index (χ1n) is 8.68. The molecule has 0 aromatic carbocycles. The number of carbonyl (C=O) groups is 2. The van der Waals surface area contributed by atoms with Crippen molar-refractivity contribution in [3.8, 4) is 11.4 Å². The predicted molar refractivity (Wildman–Crippen MR) is 98.4 cm³/mol. The minimum atomic E-state index is -0.429. The third-order valence-electron chi connectivity index (χ3n) is 4.43. The topological polar surface area (TPSA) is 113 Å². The minimum absolute atomic E-state index is 0.0707. The van der Waals surface area contributed by atoms with E-state index in [0.29, 0.717) is 16.9 Å². The van der Waals surface area contributed by atoms with E-state index < -0.39 is 6.03 Å². The molecule has 3 amide bonds. The number of aromatic amines is 1. The smallest absolute Gasteiger partial charge is 0.321 e. The summed E-state index contributed by atoms with van der Waals surface area (Å²) in [5.41, 5.74) is 0.866. The molecule has 9 heteroatoms. The fourth-order valence-electron chi connectivity index (χ4n) is 2.98. The van der Waals surface area contributed by atoms with Crippen molar-refractivity contribution in [3.05, 3.63) is 24.5 Å². The minimum Gasteiger partial charge on any atom is -0.335 e. The maximum absolute atomic E-state index is 12.0. The van der Waals surface area contributed by atoms with Crippen LogP contribution in [0.15, 0.2) is 29.7 Å². The Bertz CT molecular complexity index is 751. The number of hydrogen-bond donors (Lipinski definition) is 3. The molecule has 138 valence electrons. The molecule has 8 nitrogen and oxygen atoms in total. The van der Waals surface area contributed by atoms with Crippen LogP contribution in [0, 0.1) is 5.92 Å². The second kappa shape index (κ2) is 8.79. The first kappa shape index (κ1) is 18.4. The number of pyridine rings is 1. The highest BCUT2D eigenvalue weighted by atomic mass is 32.2. The normalized spacial score (nSPS) is 19.7. The number of urea groups is 1. The summed E-state index contributed by atoms with van der Waals surface area (Å²) in [6, 6.07) is 3.35. The fraction of sp³-hybridized carbons (Fsp3) is 0.471. The van der Waals surface area contributed by atoms with E-state index >= 15 is 0 Å². The second-order valence-electron chi connectivity index (χ2n) is 6.38. The van der Waals surface area contributed by atoms with Crippen LogP contribution < -0.4 is 10.6 Å². The first-order chi connectivity index (χ1) is 12.6. The monoisotopic (exact) mass is 374 g/mol. The molecule has 2 aromatic heterocycles. The summed E-state index contributed by atoms with van der Waals surface area (Å²) in [5.74, 6) is 0.755. The molecule has 2 heterocycles. The molecule has 1 aliphatic rings. The average Bonchev–Trinajstić information content (AvgIpc) is 3.12. The van der Waals surface area contributed by atoms with Crippen molar-refractivity contribution in [3.63, 3.8) is 0 Å². The lowest BCUT2D eigenvalue weighted by Gasteiger charge is -2.29. The molecule has 26 heavy (non-hydrogen) atoms. The van der Waals surface area contributed by atoms with E-state index in [0.717, 1.165) is 24.8 Å². The number of thioether (sulfide) groups is 1. The van der Waals surface area contributed by atoms with Crippen molar-refractivity contribution in [2.45, 2.75) is 43.8 Å². The number of nitrogens with zero attached hydrogens (tertiary/aromatic N) is 3. The Balaban J connectivity index is 1.44. The summed E-state index contributed by atoms with van der Waals surface area (Å²) < 4.78 is 0. The Morgan fingerprint density at radius 1 is 1.27 bits per heavy atom. The third kappa shape index (κ3) is 5.04. The van der Waals surface area contributed by atoms with Crippen LogP contribution in [-0.4, -0.2) is 43.9 Å². The summed E-state index contributed by atoms with van der Waals surface area (Å²) in [6.07, 6.45) is 7.73. The van der Waals surface area contributed by atoms with Crippen LogP contribution in [0.25, 0.3) is 11.4 Å². The fourth-order valence-corrected chi connectivity index (χ4v) is 3.58. The number of amides is 3. The van der Waals surface area contributed by atoms with Crippen molar-refractivity contribution in [1.29, 1.82) is 0 Å². The van der Waals surface area contributed by atoms with Gasteiger partial charge in [0, 0.05) is 24.0 Å². The van der Waals surface area contributed by atoms with Gasteiger partial charge in [0.15, 0.2) is 5.82 Å². The van der Waals surface area contributed by atoms with Gasteiger partial charge in [-0.2, -0.15) is 0 Å². The van der Waals surface area contributed by atoms with Gasteiger partial charge in [-0.1, -0.05) is 31.5 Å². The van der Waals surface area contributed by atoms with Gasteiger partial charge in [-0.15, -0.1) is 5.10 Å². The van der Waals surface area contributed by atoms with Gasteiger partial charge >= 0.3 is 6.03 Å². The first-order valence-corrected chi connectivity index (χ1v) is 9.66. The van der Waals surface area contributed by atoms with Crippen molar-refractivity contribution < 1.29 is 9.59 Å². The Hall–Kier alpha value is -2.42. The Morgan fingerprint density at radius 3 is 2.81 bits per heavy atom. The van der Waals surface area contributed by atoms with Gasteiger partial charge in [0.1, 0.15) is 0 Å². The van der Waals surface area contributed by atoms with E-state index in [-0.39, 0.29) is 17.7 Å². The van der Waals surface area contributed by atoms with Crippen LogP contribution in [0.1, 0.15) is 32.6 Å². The van der Waals surface area contributed by atoms with Gasteiger partial charge in [0.25, 0.3) is 0 Å². The summed E-state index contributed by atoms with van der Waals surface area (Å²) in [4.78, 5) is 32.2. The van der Waals surface area contributed by atoms with Crippen molar-refractivity contribution in [1.82, 2.24) is 30.8 Å². The maximum atomic E-state index is 12.0. The Labute approximate surface area is 156 Å². The summed E-state index contributed by atoms with van der Waals surface area (Å²) >= 11 is 1.17. The highest BCUT2D eigenvalue weighted by molar-refractivity contribution is 7.99. The lowest BCUT2D eigenvalue weighted by Crippen LogP contribution is -2.48. The molecule has 3 N–H and O–H groups in total. The average molecular weight is 374 g/mol. The molecule has 1 aliphatic carbocycles. The quantitative estimate of drug-likeness (QED) is 0.693. The van der Waals surface area contributed by atoms with Crippen LogP contribution in [0.2, 0.25) is 0 Å². The number of rotatable bonds is 5. The number of carbonyl (C=O) groups excluding carboxylic acids is 2. The van der Waals surface area contributed by atoms with Crippen molar-refractivity contribution >= 4 is 23.7 Å². The lowest BCUT2D eigenvalue weighted by molar-refractivity contribution is -0.117. The van der Waals surface area contributed by atoms with Gasteiger partial charge in [-0.3, -0.25) is 20.2 Å². The van der Waals surface area contributed by atoms with Crippen LogP contribution in [-0.2, 0) is 4.79 Å². The Morgan fingerprint density at radius 2 is 2.04 bits per heavy atom. The van der Waals surface area contributed by atoms with E-state index in [1.807, 2.05) is 12.1 Å². The molecular weight excluding hydrogens is 352 g/mol. The molecule has 1 fully saturated rings. The van der Waals surface area contributed by atoms with E-state index in [9.17, 15) is 9.59 Å². The van der Waals surface area contributed by atoms with Gasteiger partial charge in [-0.05, 0) is 30.9 Å². The van der Waals surface area contributed by atoms with Gasteiger partial charge in [0.05, 0.1) is 5.75 Å². The molecule has 3 rings (SSSR count). The molecule has 1 saturated carbocycles. The van der Waals surface area contributed by atoms with Crippen molar-refractivity contribution in [2.75, 3.05) is 5.75 Å². The molecular formula is C17H22N6O2S. The molecule has 0 aliphatic heterocycles. The molecule has 0 bridgehead atoms. The summed E-state index contributed by atoms with van der Waals surface area (Å²) in [6.45, 7) is 2.13. The predicted octanol–water partition coefficient (Wildman–Crippen LogP) is 2.36. The SMILES string of the molecule is C[C@H]1CCCC[C@@H]1NC(=O)NC(=O)CSc1n[nH]c(-c2ccncc2)n1. The second-order valence-corrected chi connectivity index (χ2v) is 7.32.